The molecule has 1 aromatic heterocycles. The van der Waals surface area contributed by atoms with Crippen molar-refractivity contribution in [2.45, 2.75) is 26.7 Å². The van der Waals surface area contributed by atoms with Gasteiger partial charge in [-0.25, -0.2) is 9.59 Å². The molecule has 0 aliphatic heterocycles. The zero-order chi connectivity index (χ0) is 22.1. The number of hydrogen-bond acceptors (Lipinski definition) is 7. The first kappa shape index (κ1) is 22.1. The monoisotopic (exact) mass is 434 g/mol. The summed E-state index contributed by atoms with van der Waals surface area (Å²) in [6.07, 6.45) is 7.88. The molecule has 0 amide bonds. The average molecular weight is 435 g/mol. The third kappa shape index (κ3) is 6.45. The van der Waals surface area contributed by atoms with Crippen LogP contribution in [0.4, 0.5) is 0 Å². The van der Waals surface area contributed by atoms with E-state index in [1.165, 1.54) is 23.5 Å². The van der Waals surface area contributed by atoms with Gasteiger partial charge in [-0.2, -0.15) is 0 Å². The third-order valence-electron chi connectivity index (χ3n) is 4.04. The third-order valence-corrected chi connectivity index (χ3v) is 5.07. The summed E-state index contributed by atoms with van der Waals surface area (Å²) in [5.74, 6) is 0.142. The van der Waals surface area contributed by atoms with E-state index in [2.05, 4.69) is 10.2 Å². The van der Waals surface area contributed by atoms with Crippen molar-refractivity contribution in [3.05, 3.63) is 72.8 Å². The van der Waals surface area contributed by atoms with Crippen LogP contribution in [0, 0.1) is 0 Å². The standard InChI is InChI=1S/C24H22N2O4S/c1-3-5-7-21(27)29-19-13-9-17(10-14-19)23-25-26-24(31-23)18-11-15-20(16-12-18)30-22(28)8-6-4-2/h5-16H,3-4H2,1-2H3/b7-5+,8-6+. The largest absolute Gasteiger partial charge is 0.423 e. The van der Waals surface area contributed by atoms with Crippen LogP contribution < -0.4 is 9.47 Å². The molecule has 0 aliphatic rings. The second kappa shape index (κ2) is 11.0. The Morgan fingerprint density at radius 3 is 1.48 bits per heavy atom. The summed E-state index contributed by atoms with van der Waals surface area (Å²) in [6, 6.07) is 14.3. The molecule has 7 heteroatoms. The quantitative estimate of drug-likeness (QED) is 0.260. The molecule has 0 radical (unpaired) electrons. The summed E-state index contributed by atoms with van der Waals surface area (Å²) >= 11 is 1.44. The van der Waals surface area contributed by atoms with Crippen LogP contribution in [0.1, 0.15) is 26.7 Å². The van der Waals surface area contributed by atoms with E-state index in [0.29, 0.717) is 11.5 Å². The number of benzene rings is 2. The summed E-state index contributed by atoms with van der Waals surface area (Å²) in [5, 5.41) is 10.0. The SMILES string of the molecule is CC/C=C/C(=O)Oc1ccc(-c2nnc(-c3ccc(OC(=O)/C=C/CC)cc3)s2)cc1. The van der Waals surface area contributed by atoms with Crippen molar-refractivity contribution < 1.29 is 19.1 Å². The Labute approximate surface area is 184 Å². The molecule has 0 saturated heterocycles. The van der Waals surface area contributed by atoms with Gasteiger partial charge in [0.25, 0.3) is 0 Å². The Morgan fingerprint density at radius 2 is 1.13 bits per heavy atom. The van der Waals surface area contributed by atoms with E-state index in [1.807, 2.05) is 38.1 Å². The van der Waals surface area contributed by atoms with Gasteiger partial charge < -0.3 is 9.47 Å². The van der Waals surface area contributed by atoms with Gasteiger partial charge in [-0.15, -0.1) is 10.2 Å². The maximum absolute atomic E-state index is 11.7. The van der Waals surface area contributed by atoms with Gasteiger partial charge in [-0.3, -0.25) is 0 Å². The van der Waals surface area contributed by atoms with E-state index in [0.717, 1.165) is 34.0 Å². The van der Waals surface area contributed by atoms with Crippen molar-refractivity contribution in [1.82, 2.24) is 10.2 Å². The van der Waals surface area contributed by atoms with E-state index < -0.39 is 11.9 Å². The average Bonchev–Trinajstić information content (AvgIpc) is 3.27. The van der Waals surface area contributed by atoms with Gasteiger partial charge in [0.05, 0.1) is 0 Å². The Bertz CT molecular complexity index is 998. The van der Waals surface area contributed by atoms with Gasteiger partial charge in [0, 0.05) is 23.3 Å². The van der Waals surface area contributed by atoms with E-state index in [4.69, 9.17) is 9.47 Å². The lowest BCUT2D eigenvalue weighted by atomic mass is 10.2. The Balaban J connectivity index is 1.66. The zero-order valence-electron chi connectivity index (χ0n) is 17.3. The van der Waals surface area contributed by atoms with Gasteiger partial charge in [-0.05, 0) is 61.4 Å². The smallest absolute Gasteiger partial charge is 0.335 e. The topological polar surface area (TPSA) is 78.4 Å². The van der Waals surface area contributed by atoms with Crippen LogP contribution in [0.5, 0.6) is 11.5 Å². The molecular weight excluding hydrogens is 412 g/mol. The van der Waals surface area contributed by atoms with E-state index in [1.54, 1.807) is 36.4 Å². The molecule has 0 bridgehead atoms. The van der Waals surface area contributed by atoms with Gasteiger partial charge in [0.1, 0.15) is 21.5 Å². The second-order valence-corrected chi connectivity index (χ2v) is 7.40. The highest BCUT2D eigenvalue weighted by molar-refractivity contribution is 7.17. The number of ether oxygens (including phenoxy) is 2. The first-order valence-corrected chi connectivity index (χ1v) is 10.7. The molecule has 0 fully saturated rings. The highest BCUT2D eigenvalue weighted by Crippen LogP contribution is 2.31. The summed E-state index contributed by atoms with van der Waals surface area (Å²) in [5.41, 5.74) is 1.75. The predicted octanol–water partition coefficient (Wildman–Crippen LogP) is 5.62. The van der Waals surface area contributed by atoms with Crippen LogP contribution in [-0.4, -0.2) is 22.1 Å². The van der Waals surface area contributed by atoms with Crippen LogP contribution in [0.2, 0.25) is 0 Å². The van der Waals surface area contributed by atoms with Crippen LogP contribution in [0.3, 0.4) is 0 Å². The maximum atomic E-state index is 11.7. The molecule has 0 N–H and O–H groups in total. The fraction of sp³-hybridized carbons (Fsp3) is 0.167. The Kier molecular flexibility index (Phi) is 7.84. The fourth-order valence-corrected chi connectivity index (χ4v) is 3.37. The van der Waals surface area contributed by atoms with E-state index in [9.17, 15) is 9.59 Å². The Morgan fingerprint density at radius 1 is 0.742 bits per heavy atom. The second-order valence-electron chi connectivity index (χ2n) is 6.42. The molecule has 0 unspecified atom stereocenters. The number of nitrogens with zero attached hydrogens (tertiary/aromatic N) is 2. The van der Waals surface area contributed by atoms with Crippen molar-refractivity contribution in [2.75, 3.05) is 0 Å². The van der Waals surface area contributed by atoms with E-state index in [-0.39, 0.29) is 0 Å². The molecular formula is C24H22N2O4S. The highest BCUT2D eigenvalue weighted by atomic mass is 32.1. The van der Waals surface area contributed by atoms with Gasteiger partial charge in [0.2, 0.25) is 0 Å². The lowest BCUT2D eigenvalue weighted by molar-refractivity contribution is -0.129. The first-order valence-electron chi connectivity index (χ1n) is 9.90. The van der Waals surface area contributed by atoms with Gasteiger partial charge >= 0.3 is 11.9 Å². The lowest BCUT2D eigenvalue weighted by Gasteiger charge is -2.02. The van der Waals surface area contributed by atoms with Crippen molar-refractivity contribution in [1.29, 1.82) is 0 Å². The molecule has 6 nitrogen and oxygen atoms in total. The van der Waals surface area contributed by atoms with E-state index >= 15 is 0 Å². The Hall–Kier alpha value is -3.58. The van der Waals surface area contributed by atoms with Crippen molar-refractivity contribution in [2.24, 2.45) is 0 Å². The first-order chi connectivity index (χ1) is 15.1. The summed E-state index contributed by atoms with van der Waals surface area (Å²) < 4.78 is 10.5. The number of allylic oxidation sites excluding steroid dienone is 2. The molecule has 31 heavy (non-hydrogen) atoms. The van der Waals surface area contributed by atoms with Crippen molar-refractivity contribution in [3.63, 3.8) is 0 Å². The minimum Gasteiger partial charge on any atom is -0.423 e. The highest BCUT2D eigenvalue weighted by Gasteiger charge is 2.10. The molecule has 0 saturated carbocycles. The van der Waals surface area contributed by atoms with Crippen molar-refractivity contribution >= 4 is 23.3 Å². The molecule has 0 aliphatic carbocycles. The van der Waals surface area contributed by atoms with Crippen LogP contribution >= 0.6 is 11.3 Å². The molecule has 2 aromatic carbocycles. The predicted molar refractivity (Wildman–Crippen MR) is 121 cm³/mol. The minimum atomic E-state index is -0.400. The van der Waals surface area contributed by atoms with Crippen molar-refractivity contribution in [3.8, 4) is 32.6 Å². The summed E-state index contributed by atoms with van der Waals surface area (Å²) in [6.45, 7) is 3.90. The number of carbonyl (C=O) groups excluding carboxylic acids is 2. The number of hydrogen-bond donors (Lipinski definition) is 0. The molecule has 0 spiro atoms. The number of rotatable bonds is 8. The fourth-order valence-electron chi connectivity index (χ4n) is 2.52. The number of esters is 2. The zero-order valence-corrected chi connectivity index (χ0v) is 18.1. The van der Waals surface area contributed by atoms with Crippen LogP contribution in [0.15, 0.2) is 72.8 Å². The molecule has 0 atom stereocenters. The lowest BCUT2D eigenvalue weighted by Crippen LogP contribution is -2.03. The summed E-state index contributed by atoms with van der Waals surface area (Å²) in [7, 11) is 0. The van der Waals surface area contributed by atoms with Gasteiger partial charge in [0.15, 0.2) is 0 Å². The minimum absolute atomic E-state index is 0.400. The van der Waals surface area contributed by atoms with Crippen LogP contribution in [-0.2, 0) is 9.59 Å². The molecule has 3 rings (SSSR count). The summed E-state index contributed by atoms with van der Waals surface area (Å²) in [4.78, 5) is 23.3. The molecule has 3 aromatic rings. The number of carbonyl (C=O) groups is 2. The maximum Gasteiger partial charge on any atom is 0.335 e. The van der Waals surface area contributed by atoms with Crippen LogP contribution in [0.25, 0.3) is 21.1 Å². The van der Waals surface area contributed by atoms with Gasteiger partial charge in [-0.1, -0.05) is 37.3 Å². The number of aromatic nitrogens is 2. The normalized spacial score (nSPS) is 11.2. The molecule has 158 valence electrons. The molecule has 1 heterocycles.